The van der Waals surface area contributed by atoms with Gasteiger partial charge in [-0.3, -0.25) is 4.79 Å². The van der Waals surface area contributed by atoms with E-state index >= 15 is 0 Å². The molecule has 2 aromatic rings. The van der Waals surface area contributed by atoms with Crippen molar-refractivity contribution in [2.45, 2.75) is 31.9 Å². The molecule has 0 radical (unpaired) electrons. The zero-order chi connectivity index (χ0) is 19.2. The fourth-order valence-electron chi connectivity index (χ4n) is 4.46. The van der Waals surface area contributed by atoms with Gasteiger partial charge in [-0.05, 0) is 67.0 Å². The van der Waals surface area contributed by atoms with Crippen molar-refractivity contribution in [3.05, 3.63) is 53.1 Å². The van der Waals surface area contributed by atoms with E-state index in [1.807, 2.05) is 0 Å². The van der Waals surface area contributed by atoms with Gasteiger partial charge in [0.1, 0.15) is 0 Å². The molecule has 0 saturated heterocycles. The minimum absolute atomic E-state index is 0.0482. The number of anilines is 1. The van der Waals surface area contributed by atoms with Gasteiger partial charge in [-0.15, -0.1) is 0 Å². The maximum absolute atomic E-state index is 12.9. The highest BCUT2D eigenvalue weighted by Gasteiger charge is 2.43. The molecule has 2 aromatic carbocycles. The van der Waals surface area contributed by atoms with Crippen molar-refractivity contribution in [2.24, 2.45) is 17.8 Å². The highest BCUT2D eigenvalue weighted by atomic mass is 35.5. The number of amides is 1. The van der Waals surface area contributed by atoms with Crippen molar-refractivity contribution in [3.63, 3.8) is 0 Å². The summed E-state index contributed by atoms with van der Waals surface area (Å²) in [5.41, 5.74) is 0.798. The number of rotatable bonds is 3. The Morgan fingerprint density at radius 2 is 1.78 bits per heavy atom. The Labute approximate surface area is 160 Å². The van der Waals surface area contributed by atoms with E-state index in [2.05, 4.69) is 5.32 Å². The predicted octanol–water partition coefficient (Wildman–Crippen LogP) is 6.40. The topological polar surface area (TPSA) is 29.1 Å². The standard InChI is InChI=1S/C21H19ClF3NO/c22-19-8-5-15(21(23,24)25)11-17(19)13-3-6-16(7-4-13)26-20(27)18-10-12-1-2-14(18)9-12/h3-8,11-12,14,18H,1-2,9-10H2,(H,26,27). The van der Waals surface area contributed by atoms with Crippen molar-refractivity contribution in [2.75, 3.05) is 5.32 Å². The predicted molar refractivity (Wildman–Crippen MR) is 99.5 cm³/mol. The number of fused-ring (bicyclic) bond motifs is 2. The van der Waals surface area contributed by atoms with Crippen LogP contribution in [0.15, 0.2) is 42.5 Å². The van der Waals surface area contributed by atoms with Crippen LogP contribution in [0.5, 0.6) is 0 Å². The number of hydrogen-bond donors (Lipinski definition) is 1. The van der Waals surface area contributed by atoms with Gasteiger partial charge in [-0.1, -0.05) is 30.2 Å². The highest BCUT2D eigenvalue weighted by Crippen LogP contribution is 2.48. The van der Waals surface area contributed by atoms with E-state index in [0.717, 1.165) is 31.4 Å². The second-order valence-corrected chi connectivity index (χ2v) is 7.95. The molecule has 0 aliphatic heterocycles. The summed E-state index contributed by atoms with van der Waals surface area (Å²) in [6, 6.07) is 10.0. The first kappa shape index (κ1) is 18.4. The van der Waals surface area contributed by atoms with Crippen LogP contribution < -0.4 is 5.32 Å². The zero-order valence-electron chi connectivity index (χ0n) is 14.5. The van der Waals surface area contributed by atoms with Crippen LogP contribution in [0.25, 0.3) is 11.1 Å². The summed E-state index contributed by atoms with van der Waals surface area (Å²) in [6.45, 7) is 0. The van der Waals surface area contributed by atoms with Gasteiger partial charge in [0.05, 0.1) is 5.56 Å². The lowest BCUT2D eigenvalue weighted by Gasteiger charge is -2.20. The third-order valence-corrected chi connectivity index (χ3v) is 6.16. The minimum atomic E-state index is -4.42. The molecular formula is C21H19ClF3NO. The van der Waals surface area contributed by atoms with Crippen molar-refractivity contribution >= 4 is 23.2 Å². The summed E-state index contributed by atoms with van der Waals surface area (Å²) in [5.74, 6) is 1.32. The molecule has 4 rings (SSSR count). The zero-order valence-corrected chi connectivity index (χ0v) is 15.3. The van der Waals surface area contributed by atoms with E-state index in [1.54, 1.807) is 24.3 Å². The first-order chi connectivity index (χ1) is 12.8. The quantitative estimate of drug-likeness (QED) is 0.642. The molecular weight excluding hydrogens is 375 g/mol. The van der Waals surface area contributed by atoms with E-state index in [-0.39, 0.29) is 16.8 Å². The maximum Gasteiger partial charge on any atom is 0.416 e. The molecule has 2 nitrogen and oxygen atoms in total. The third-order valence-electron chi connectivity index (χ3n) is 5.83. The Balaban J connectivity index is 1.50. The molecule has 3 atom stereocenters. The molecule has 27 heavy (non-hydrogen) atoms. The molecule has 2 aliphatic rings. The van der Waals surface area contributed by atoms with Crippen molar-refractivity contribution in [1.29, 1.82) is 0 Å². The van der Waals surface area contributed by atoms with Crippen LogP contribution in [-0.2, 0) is 11.0 Å². The summed E-state index contributed by atoms with van der Waals surface area (Å²) in [5, 5.41) is 3.20. The Hall–Kier alpha value is -2.01. The van der Waals surface area contributed by atoms with Crippen LogP contribution in [0.1, 0.15) is 31.2 Å². The number of carbonyl (C=O) groups is 1. The number of nitrogens with one attached hydrogen (secondary N) is 1. The molecule has 6 heteroatoms. The Bertz CT molecular complexity index is 863. The monoisotopic (exact) mass is 393 g/mol. The first-order valence-electron chi connectivity index (χ1n) is 9.09. The van der Waals surface area contributed by atoms with Crippen LogP contribution in [0.3, 0.4) is 0 Å². The van der Waals surface area contributed by atoms with E-state index in [9.17, 15) is 18.0 Å². The van der Waals surface area contributed by atoms with Gasteiger partial charge in [0.25, 0.3) is 0 Å². The smallest absolute Gasteiger partial charge is 0.326 e. The fraction of sp³-hybridized carbons (Fsp3) is 0.381. The van der Waals surface area contributed by atoms with E-state index in [4.69, 9.17) is 11.6 Å². The van der Waals surface area contributed by atoms with Gasteiger partial charge in [0.15, 0.2) is 0 Å². The van der Waals surface area contributed by atoms with Gasteiger partial charge < -0.3 is 5.32 Å². The van der Waals surface area contributed by atoms with Crippen LogP contribution in [0, 0.1) is 17.8 Å². The lowest BCUT2D eigenvalue weighted by Crippen LogP contribution is -2.27. The fourth-order valence-corrected chi connectivity index (χ4v) is 4.68. The van der Waals surface area contributed by atoms with Gasteiger partial charge in [0.2, 0.25) is 5.91 Å². The number of carbonyl (C=O) groups excluding carboxylic acids is 1. The third kappa shape index (κ3) is 3.70. The van der Waals surface area contributed by atoms with Crippen LogP contribution in [-0.4, -0.2) is 5.91 Å². The van der Waals surface area contributed by atoms with Gasteiger partial charge >= 0.3 is 6.18 Å². The maximum atomic E-state index is 12.9. The number of halogens is 4. The summed E-state index contributed by atoms with van der Waals surface area (Å²) in [6.07, 6.45) is 0.0735. The molecule has 0 heterocycles. The minimum Gasteiger partial charge on any atom is -0.326 e. The van der Waals surface area contributed by atoms with Crippen LogP contribution >= 0.6 is 11.6 Å². The van der Waals surface area contributed by atoms with Gasteiger partial charge in [-0.25, -0.2) is 0 Å². The largest absolute Gasteiger partial charge is 0.416 e. The summed E-state index contributed by atoms with van der Waals surface area (Å²) >= 11 is 6.09. The van der Waals surface area contributed by atoms with Crippen LogP contribution in [0.4, 0.5) is 18.9 Å². The van der Waals surface area contributed by atoms with Crippen LogP contribution in [0.2, 0.25) is 5.02 Å². The average Bonchev–Trinajstić information content (AvgIpc) is 3.25. The Morgan fingerprint density at radius 1 is 1.04 bits per heavy atom. The lowest BCUT2D eigenvalue weighted by atomic mass is 9.88. The van der Waals surface area contributed by atoms with Crippen molar-refractivity contribution < 1.29 is 18.0 Å². The Kier molecular flexibility index (Phi) is 4.66. The van der Waals surface area contributed by atoms with Gasteiger partial charge in [-0.2, -0.15) is 13.2 Å². The first-order valence-corrected chi connectivity index (χ1v) is 9.47. The molecule has 1 amide bonds. The normalized spacial score (nSPS) is 24.2. The molecule has 2 fully saturated rings. The molecule has 2 bridgehead atoms. The molecule has 3 unspecified atom stereocenters. The summed E-state index contributed by atoms with van der Waals surface area (Å²) in [7, 11) is 0. The lowest BCUT2D eigenvalue weighted by molar-refractivity contribution is -0.137. The van der Waals surface area contributed by atoms with Crippen molar-refractivity contribution in [1.82, 2.24) is 0 Å². The van der Waals surface area contributed by atoms with E-state index in [0.29, 0.717) is 28.7 Å². The van der Waals surface area contributed by atoms with Crippen molar-refractivity contribution in [3.8, 4) is 11.1 Å². The molecule has 142 valence electrons. The second-order valence-electron chi connectivity index (χ2n) is 7.54. The molecule has 0 spiro atoms. The van der Waals surface area contributed by atoms with Gasteiger partial charge in [0, 0.05) is 22.2 Å². The highest BCUT2D eigenvalue weighted by molar-refractivity contribution is 6.33. The Morgan fingerprint density at radius 3 is 2.37 bits per heavy atom. The molecule has 2 saturated carbocycles. The molecule has 2 aliphatic carbocycles. The summed E-state index contributed by atoms with van der Waals surface area (Å²) < 4.78 is 38.8. The number of hydrogen-bond acceptors (Lipinski definition) is 1. The molecule has 1 N–H and O–H groups in total. The average molecular weight is 394 g/mol. The number of alkyl halides is 3. The van der Waals surface area contributed by atoms with E-state index < -0.39 is 11.7 Å². The molecule has 0 aromatic heterocycles. The van der Waals surface area contributed by atoms with E-state index in [1.165, 1.54) is 12.5 Å². The second kappa shape index (κ2) is 6.86. The SMILES string of the molecule is O=C(Nc1ccc(-c2cc(C(F)(F)F)ccc2Cl)cc1)C1CC2CCC1C2. The number of benzene rings is 2. The summed E-state index contributed by atoms with van der Waals surface area (Å²) in [4.78, 5) is 12.5.